The lowest BCUT2D eigenvalue weighted by molar-refractivity contribution is -0.143. The summed E-state index contributed by atoms with van der Waals surface area (Å²) in [5, 5.41) is 12.9. The molecule has 4 rings (SSSR count). The van der Waals surface area contributed by atoms with Gasteiger partial charge in [0.2, 0.25) is 0 Å². The predicted octanol–water partition coefficient (Wildman–Crippen LogP) is 2.86. The third-order valence-electron chi connectivity index (χ3n) is 5.04. The Morgan fingerprint density at radius 3 is 2.43 bits per heavy atom. The highest BCUT2D eigenvalue weighted by molar-refractivity contribution is 5.93. The van der Waals surface area contributed by atoms with Gasteiger partial charge < -0.3 is 10.6 Å². The average molecular weight is 420 g/mol. The van der Waals surface area contributed by atoms with Crippen molar-refractivity contribution < 1.29 is 22.4 Å². The van der Waals surface area contributed by atoms with Gasteiger partial charge in [-0.2, -0.15) is 13.2 Å². The van der Waals surface area contributed by atoms with Crippen LogP contribution in [0.3, 0.4) is 0 Å². The number of hydrogen-bond acceptors (Lipinski definition) is 4. The third kappa shape index (κ3) is 3.83. The molecule has 3 heterocycles. The Morgan fingerprint density at radius 1 is 1.18 bits per heavy atom. The van der Waals surface area contributed by atoms with Crippen molar-refractivity contribution in [1.82, 2.24) is 25.6 Å². The molecule has 2 bridgehead atoms. The van der Waals surface area contributed by atoms with E-state index in [-0.39, 0.29) is 30.5 Å². The minimum absolute atomic E-state index is 0. The van der Waals surface area contributed by atoms with Gasteiger partial charge in [0.15, 0.2) is 11.4 Å². The zero-order valence-electron chi connectivity index (χ0n) is 14.5. The van der Waals surface area contributed by atoms with Crippen molar-refractivity contribution in [2.45, 2.75) is 50.0 Å². The quantitative estimate of drug-likeness (QED) is 0.750. The molecule has 2 N–H and O–H groups in total. The first-order chi connectivity index (χ1) is 12.8. The first-order valence-electron chi connectivity index (χ1n) is 8.67. The van der Waals surface area contributed by atoms with Gasteiger partial charge in [-0.3, -0.25) is 4.79 Å². The van der Waals surface area contributed by atoms with E-state index in [1.807, 2.05) is 0 Å². The molecule has 28 heavy (non-hydrogen) atoms. The van der Waals surface area contributed by atoms with Gasteiger partial charge >= 0.3 is 6.18 Å². The van der Waals surface area contributed by atoms with E-state index in [0.717, 1.165) is 25.0 Å². The SMILES string of the molecule is Cl.O=C(NC1CC2CCC(C1)N2)c1nnn(-c2ccccc2F)c1C(F)(F)F. The summed E-state index contributed by atoms with van der Waals surface area (Å²) < 4.78 is 55.1. The van der Waals surface area contributed by atoms with Gasteiger partial charge in [-0.05, 0) is 37.8 Å². The summed E-state index contributed by atoms with van der Waals surface area (Å²) in [5.74, 6) is -1.84. The lowest BCUT2D eigenvalue weighted by atomic mass is 9.99. The number of nitrogens with one attached hydrogen (secondary N) is 2. The molecule has 0 radical (unpaired) electrons. The number of carbonyl (C=O) groups is 1. The van der Waals surface area contributed by atoms with E-state index in [9.17, 15) is 22.4 Å². The Hall–Kier alpha value is -2.20. The van der Waals surface area contributed by atoms with Gasteiger partial charge in [0.1, 0.15) is 11.5 Å². The number of hydrogen-bond donors (Lipinski definition) is 2. The fraction of sp³-hybridized carbons (Fsp3) is 0.471. The summed E-state index contributed by atoms with van der Waals surface area (Å²) in [6, 6.07) is 5.20. The second-order valence-electron chi connectivity index (χ2n) is 6.93. The number of nitrogens with zero attached hydrogens (tertiary/aromatic N) is 3. The molecule has 0 spiro atoms. The van der Waals surface area contributed by atoms with Crippen LogP contribution in [0.5, 0.6) is 0 Å². The lowest BCUT2D eigenvalue weighted by Gasteiger charge is -2.29. The molecular formula is C17H18ClF4N5O. The number of alkyl halides is 3. The van der Waals surface area contributed by atoms with Crippen LogP contribution in [0.4, 0.5) is 17.6 Å². The first kappa shape index (κ1) is 20.5. The van der Waals surface area contributed by atoms with Crippen LogP contribution < -0.4 is 10.6 Å². The Balaban J connectivity index is 0.00000225. The predicted molar refractivity (Wildman–Crippen MR) is 94.0 cm³/mol. The molecule has 2 saturated heterocycles. The number of para-hydroxylation sites is 1. The number of halogens is 5. The molecule has 1 aromatic heterocycles. The minimum atomic E-state index is -4.92. The normalized spacial score (nSPS) is 23.9. The standard InChI is InChI=1S/C17H17F4N5O.ClH/c18-12-3-1-2-4-13(12)26-15(17(19,20)21)14(24-25-26)16(27)23-11-7-9-5-6-10(8-11)22-9;/h1-4,9-11,22H,5-8H2,(H,23,27);1H. The van der Waals surface area contributed by atoms with Crippen molar-refractivity contribution in [3.05, 3.63) is 41.5 Å². The summed E-state index contributed by atoms with van der Waals surface area (Å²) in [4.78, 5) is 12.5. The summed E-state index contributed by atoms with van der Waals surface area (Å²) in [5.41, 5.74) is -2.66. The van der Waals surface area contributed by atoms with Crippen molar-refractivity contribution in [3.63, 3.8) is 0 Å². The molecular weight excluding hydrogens is 402 g/mol. The van der Waals surface area contributed by atoms with Crippen LogP contribution >= 0.6 is 12.4 Å². The second-order valence-corrected chi connectivity index (χ2v) is 6.93. The van der Waals surface area contributed by atoms with Crippen molar-refractivity contribution in [2.24, 2.45) is 0 Å². The molecule has 152 valence electrons. The monoisotopic (exact) mass is 419 g/mol. The molecule has 0 aliphatic carbocycles. The Morgan fingerprint density at radius 2 is 1.82 bits per heavy atom. The summed E-state index contributed by atoms with van der Waals surface area (Å²) >= 11 is 0. The highest BCUT2D eigenvalue weighted by Crippen LogP contribution is 2.33. The second kappa shape index (κ2) is 7.67. The number of piperidine rings is 1. The highest BCUT2D eigenvalue weighted by Gasteiger charge is 2.43. The van der Waals surface area contributed by atoms with Crippen LogP contribution in [0.2, 0.25) is 0 Å². The van der Waals surface area contributed by atoms with Crippen molar-refractivity contribution >= 4 is 18.3 Å². The average Bonchev–Trinajstić information content (AvgIpc) is 3.19. The Bertz CT molecular complexity index is 859. The first-order valence-corrected chi connectivity index (χ1v) is 8.67. The van der Waals surface area contributed by atoms with Crippen LogP contribution in [-0.2, 0) is 6.18 Å². The summed E-state index contributed by atoms with van der Waals surface area (Å²) in [7, 11) is 0. The van der Waals surface area contributed by atoms with Crippen LogP contribution in [0.1, 0.15) is 41.9 Å². The van der Waals surface area contributed by atoms with Gasteiger partial charge in [0.25, 0.3) is 5.91 Å². The molecule has 2 aromatic rings. The van der Waals surface area contributed by atoms with Crippen LogP contribution in [-0.4, -0.2) is 39.0 Å². The fourth-order valence-electron chi connectivity index (χ4n) is 3.91. The number of carbonyl (C=O) groups excluding carboxylic acids is 1. The molecule has 11 heteroatoms. The molecule has 6 nitrogen and oxygen atoms in total. The third-order valence-corrected chi connectivity index (χ3v) is 5.04. The lowest BCUT2D eigenvalue weighted by Crippen LogP contribution is -2.48. The zero-order valence-corrected chi connectivity index (χ0v) is 15.4. The fourth-order valence-corrected chi connectivity index (χ4v) is 3.91. The van der Waals surface area contributed by atoms with E-state index in [0.29, 0.717) is 17.5 Å². The van der Waals surface area contributed by atoms with Crippen LogP contribution in [0.15, 0.2) is 24.3 Å². The number of fused-ring (bicyclic) bond motifs is 2. The van der Waals surface area contributed by atoms with Crippen LogP contribution in [0.25, 0.3) is 5.69 Å². The molecule has 1 amide bonds. The van der Waals surface area contributed by atoms with Crippen molar-refractivity contribution in [1.29, 1.82) is 0 Å². The Labute approximate surface area is 164 Å². The molecule has 2 aliphatic heterocycles. The van der Waals surface area contributed by atoms with E-state index in [1.54, 1.807) is 0 Å². The van der Waals surface area contributed by atoms with Crippen molar-refractivity contribution in [3.8, 4) is 5.69 Å². The van der Waals surface area contributed by atoms with Crippen molar-refractivity contribution in [2.75, 3.05) is 0 Å². The molecule has 0 saturated carbocycles. The van der Waals surface area contributed by atoms with E-state index in [4.69, 9.17) is 0 Å². The molecule has 2 aliphatic rings. The maximum Gasteiger partial charge on any atom is 0.435 e. The van der Waals surface area contributed by atoms with Crippen LogP contribution in [0, 0.1) is 5.82 Å². The van der Waals surface area contributed by atoms with Gasteiger partial charge in [0.05, 0.1) is 0 Å². The summed E-state index contributed by atoms with van der Waals surface area (Å²) in [6.45, 7) is 0. The molecule has 2 atom stereocenters. The largest absolute Gasteiger partial charge is 0.435 e. The smallest absolute Gasteiger partial charge is 0.348 e. The van der Waals surface area contributed by atoms with E-state index < -0.39 is 35.0 Å². The highest BCUT2D eigenvalue weighted by atomic mass is 35.5. The topological polar surface area (TPSA) is 71.8 Å². The minimum Gasteiger partial charge on any atom is -0.348 e. The van der Waals surface area contributed by atoms with Gasteiger partial charge in [-0.1, -0.05) is 17.3 Å². The number of aromatic nitrogens is 3. The molecule has 2 unspecified atom stereocenters. The van der Waals surface area contributed by atoms with Gasteiger partial charge in [-0.25, -0.2) is 9.07 Å². The maximum absolute atomic E-state index is 14.0. The van der Waals surface area contributed by atoms with Gasteiger partial charge in [0, 0.05) is 18.1 Å². The number of benzene rings is 1. The molecule has 1 aromatic carbocycles. The van der Waals surface area contributed by atoms with Gasteiger partial charge in [-0.15, -0.1) is 17.5 Å². The number of amides is 1. The zero-order chi connectivity index (χ0) is 19.2. The Kier molecular flexibility index (Phi) is 5.62. The van der Waals surface area contributed by atoms with E-state index in [2.05, 4.69) is 20.9 Å². The maximum atomic E-state index is 14.0. The summed E-state index contributed by atoms with van der Waals surface area (Å²) in [6.07, 6.45) is -1.62. The van der Waals surface area contributed by atoms with E-state index in [1.165, 1.54) is 12.1 Å². The number of rotatable bonds is 3. The molecule has 2 fully saturated rings. The van der Waals surface area contributed by atoms with E-state index >= 15 is 0 Å².